The maximum absolute atomic E-state index is 12.2. The Balaban J connectivity index is 0.00000192. The van der Waals surface area contributed by atoms with Crippen LogP contribution in [-0.2, 0) is 0 Å². The highest BCUT2D eigenvalue weighted by Gasteiger charge is 2.26. The molecule has 1 fully saturated rings. The maximum Gasteiger partial charge on any atom is 0.272 e. The summed E-state index contributed by atoms with van der Waals surface area (Å²) in [4.78, 5) is 22.5. The van der Waals surface area contributed by atoms with Crippen LogP contribution >= 0.6 is 12.4 Å². The lowest BCUT2D eigenvalue weighted by Gasteiger charge is -2.13. The molecule has 0 saturated carbocycles. The number of β-amino-alcohol motifs (C(OH)–C–C–N with tert-alkyl or cyclic N) is 1. The maximum atomic E-state index is 12.2. The van der Waals surface area contributed by atoms with Crippen LogP contribution in [0.1, 0.15) is 10.5 Å². The Morgan fingerprint density at radius 2 is 2.26 bits per heavy atom. The zero-order valence-corrected chi connectivity index (χ0v) is 12.8. The fraction of sp³-hybridized carbons (Fsp3) is 0.385. The monoisotopic (exact) mass is 341 g/mol. The van der Waals surface area contributed by atoms with E-state index in [0.29, 0.717) is 30.5 Å². The fourth-order valence-corrected chi connectivity index (χ4v) is 2.52. The van der Waals surface area contributed by atoms with Gasteiger partial charge in [0.25, 0.3) is 11.6 Å². The van der Waals surface area contributed by atoms with E-state index in [1.807, 2.05) is 0 Å². The van der Waals surface area contributed by atoms with E-state index in [2.05, 4.69) is 20.8 Å². The van der Waals surface area contributed by atoms with E-state index in [1.54, 1.807) is 0 Å². The second-order valence-electron chi connectivity index (χ2n) is 5.25. The number of aliphatic hydroxyl groups excluding tert-OH is 1. The molecule has 2 atom stereocenters. The zero-order valence-electron chi connectivity index (χ0n) is 12.0. The predicted molar refractivity (Wildman–Crippen MR) is 84.7 cm³/mol. The fourth-order valence-electron chi connectivity index (χ4n) is 2.52. The summed E-state index contributed by atoms with van der Waals surface area (Å²) in [6.45, 7) is 1.46. The number of aromatic nitrogens is 2. The molecule has 1 amide bonds. The van der Waals surface area contributed by atoms with Crippen LogP contribution in [0.4, 0.5) is 5.69 Å². The number of halogens is 1. The van der Waals surface area contributed by atoms with Gasteiger partial charge in [0.15, 0.2) is 5.69 Å². The van der Waals surface area contributed by atoms with Crippen LogP contribution in [0, 0.1) is 16.0 Å². The number of carbonyl (C=O) groups is 1. The van der Waals surface area contributed by atoms with E-state index in [-0.39, 0.29) is 29.7 Å². The lowest BCUT2D eigenvalue weighted by atomic mass is 10.1. The lowest BCUT2D eigenvalue weighted by molar-refractivity contribution is -0.384. The number of aromatic amines is 1. The Kier molecular flexibility index (Phi) is 5.14. The van der Waals surface area contributed by atoms with E-state index in [9.17, 15) is 20.0 Å². The van der Waals surface area contributed by atoms with Crippen molar-refractivity contribution in [3.8, 4) is 0 Å². The lowest BCUT2D eigenvalue weighted by Crippen LogP contribution is -2.34. The van der Waals surface area contributed by atoms with Crippen molar-refractivity contribution in [2.45, 2.75) is 6.10 Å². The third-order valence-electron chi connectivity index (χ3n) is 3.80. The number of H-pyrrole nitrogens is 1. The SMILES string of the molecule is Cl.O=C(NCC1CNCC1O)c1n[nH]c2ccc([N+](=O)[O-])cc12. The standard InChI is InChI=1S/C13H15N5O4.ClH/c19-11-6-14-4-7(11)5-15-13(20)12-9-3-8(18(21)22)1-2-10(9)16-17-12;/h1-3,7,11,14,19H,4-6H2,(H,15,20)(H,16,17);1H. The van der Waals surface area contributed by atoms with E-state index in [4.69, 9.17) is 0 Å². The van der Waals surface area contributed by atoms with E-state index >= 15 is 0 Å². The van der Waals surface area contributed by atoms with Crippen LogP contribution in [0.25, 0.3) is 10.9 Å². The number of nitrogens with zero attached hydrogens (tertiary/aromatic N) is 2. The Hall–Kier alpha value is -2.23. The number of benzene rings is 1. The van der Waals surface area contributed by atoms with Crippen molar-refractivity contribution in [1.82, 2.24) is 20.8 Å². The molecule has 0 aliphatic carbocycles. The number of non-ortho nitro benzene ring substituents is 1. The average Bonchev–Trinajstić information content (AvgIpc) is 3.10. The molecule has 0 spiro atoms. The number of nitro groups is 1. The van der Waals surface area contributed by atoms with E-state index in [0.717, 1.165) is 0 Å². The number of aliphatic hydroxyl groups is 1. The summed E-state index contributed by atoms with van der Waals surface area (Å²) in [7, 11) is 0. The van der Waals surface area contributed by atoms with Crippen molar-refractivity contribution in [2.75, 3.05) is 19.6 Å². The van der Waals surface area contributed by atoms with Gasteiger partial charge in [0.2, 0.25) is 0 Å². The van der Waals surface area contributed by atoms with Gasteiger partial charge in [-0.2, -0.15) is 5.10 Å². The Morgan fingerprint density at radius 3 is 2.91 bits per heavy atom. The Morgan fingerprint density at radius 1 is 1.48 bits per heavy atom. The second-order valence-corrected chi connectivity index (χ2v) is 5.25. The van der Waals surface area contributed by atoms with Gasteiger partial charge in [0.1, 0.15) is 0 Å². The molecule has 0 bridgehead atoms. The van der Waals surface area contributed by atoms with Gasteiger partial charge in [-0.25, -0.2) is 0 Å². The first-order chi connectivity index (χ1) is 10.6. The molecular weight excluding hydrogens is 326 g/mol. The number of rotatable bonds is 4. The summed E-state index contributed by atoms with van der Waals surface area (Å²) >= 11 is 0. The number of carbonyl (C=O) groups excluding carboxylic acids is 1. The van der Waals surface area contributed by atoms with Gasteiger partial charge in [-0.05, 0) is 6.07 Å². The van der Waals surface area contributed by atoms with Crippen LogP contribution in [-0.4, -0.2) is 51.9 Å². The van der Waals surface area contributed by atoms with Gasteiger partial charge in [-0.1, -0.05) is 0 Å². The summed E-state index contributed by atoms with van der Waals surface area (Å²) < 4.78 is 0. The van der Waals surface area contributed by atoms with Gasteiger partial charge in [0.05, 0.1) is 16.5 Å². The summed E-state index contributed by atoms with van der Waals surface area (Å²) in [5.74, 6) is -0.477. The van der Waals surface area contributed by atoms with Crippen molar-refractivity contribution in [1.29, 1.82) is 0 Å². The molecule has 9 nitrogen and oxygen atoms in total. The highest BCUT2D eigenvalue weighted by atomic mass is 35.5. The number of hydrogen-bond donors (Lipinski definition) is 4. The summed E-state index contributed by atoms with van der Waals surface area (Å²) in [6, 6.07) is 4.18. The van der Waals surface area contributed by atoms with Crippen LogP contribution in [0.2, 0.25) is 0 Å². The van der Waals surface area contributed by atoms with Gasteiger partial charge >= 0.3 is 0 Å². The molecule has 124 valence electrons. The van der Waals surface area contributed by atoms with Crippen LogP contribution < -0.4 is 10.6 Å². The first kappa shape index (κ1) is 17.1. The predicted octanol–water partition coefficient (Wildman–Crippen LogP) is 0.203. The molecule has 3 rings (SSSR count). The number of nitrogens with one attached hydrogen (secondary N) is 3. The minimum absolute atomic E-state index is 0. The third-order valence-corrected chi connectivity index (χ3v) is 3.80. The van der Waals surface area contributed by atoms with Crippen molar-refractivity contribution in [2.24, 2.45) is 5.92 Å². The molecule has 1 saturated heterocycles. The molecule has 1 aromatic heterocycles. The number of fused-ring (bicyclic) bond motifs is 1. The smallest absolute Gasteiger partial charge is 0.272 e. The molecule has 2 unspecified atom stereocenters. The number of amides is 1. The van der Waals surface area contributed by atoms with Crippen LogP contribution in [0.15, 0.2) is 18.2 Å². The molecule has 0 radical (unpaired) electrons. The molecule has 1 aliphatic rings. The highest BCUT2D eigenvalue weighted by molar-refractivity contribution is 6.05. The molecule has 2 aromatic rings. The third kappa shape index (κ3) is 3.41. The van der Waals surface area contributed by atoms with Crippen LogP contribution in [0.3, 0.4) is 0 Å². The minimum Gasteiger partial charge on any atom is -0.391 e. The minimum atomic E-state index is -0.519. The summed E-state index contributed by atoms with van der Waals surface area (Å²) in [5.41, 5.74) is 0.566. The molecule has 1 aromatic carbocycles. The Bertz CT molecular complexity index is 734. The normalized spacial score (nSPS) is 20.2. The summed E-state index contributed by atoms with van der Waals surface area (Å²) in [6.07, 6.45) is -0.489. The summed E-state index contributed by atoms with van der Waals surface area (Å²) in [5, 5.41) is 33.3. The largest absolute Gasteiger partial charge is 0.391 e. The van der Waals surface area contributed by atoms with Crippen molar-refractivity contribution in [3.63, 3.8) is 0 Å². The van der Waals surface area contributed by atoms with E-state index < -0.39 is 16.9 Å². The highest BCUT2D eigenvalue weighted by Crippen LogP contribution is 2.22. The van der Waals surface area contributed by atoms with Crippen molar-refractivity contribution >= 4 is 34.9 Å². The second kappa shape index (κ2) is 6.90. The van der Waals surface area contributed by atoms with Gasteiger partial charge < -0.3 is 15.7 Å². The molecule has 2 heterocycles. The van der Waals surface area contributed by atoms with Gasteiger partial charge in [-0.3, -0.25) is 20.0 Å². The molecule has 4 N–H and O–H groups in total. The van der Waals surface area contributed by atoms with E-state index in [1.165, 1.54) is 18.2 Å². The van der Waals surface area contributed by atoms with Crippen molar-refractivity contribution in [3.05, 3.63) is 34.0 Å². The zero-order chi connectivity index (χ0) is 15.7. The number of hydrogen-bond acceptors (Lipinski definition) is 6. The molecule has 1 aliphatic heterocycles. The molecule has 23 heavy (non-hydrogen) atoms. The van der Waals surface area contributed by atoms with Crippen LogP contribution in [0.5, 0.6) is 0 Å². The van der Waals surface area contributed by atoms with Gasteiger partial charge in [0, 0.05) is 43.1 Å². The topological polar surface area (TPSA) is 133 Å². The number of nitro benzene ring substituents is 1. The Labute approximate surface area is 137 Å². The molecular formula is C13H16ClN5O4. The average molecular weight is 342 g/mol. The molecule has 10 heteroatoms. The quantitative estimate of drug-likeness (QED) is 0.464. The first-order valence-electron chi connectivity index (χ1n) is 6.86. The van der Waals surface area contributed by atoms with Gasteiger partial charge in [-0.15, -0.1) is 12.4 Å². The first-order valence-corrected chi connectivity index (χ1v) is 6.86. The van der Waals surface area contributed by atoms with Crippen molar-refractivity contribution < 1.29 is 14.8 Å².